The first kappa shape index (κ1) is 11.6. The van der Waals surface area contributed by atoms with E-state index in [2.05, 4.69) is 5.10 Å². The number of aryl methyl sites for hydroxylation is 1. The van der Waals surface area contributed by atoms with Gasteiger partial charge in [-0.15, -0.1) is 0 Å². The summed E-state index contributed by atoms with van der Waals surface area (Å²) < 4.78 is 1.71. The van der Waals surface area contributed by atoms with Gasteiger partial charge in [0.25, 0.3) is 0 Å². The summed E-state index contributed by atoms with van der Waals surface area (Å²) in [5, 5.41) is 3.90. The van der Waals surface area contributed by atoms with Gasteiger partial charge in [-0.05, 0) is 13.0 Å². The highest BCUT2D eigenvalue weighted by atomic mass is 16.1. The average molecular weight is 182 g/mol. The van der Waals surface area contributed by atoms with Crippen LogP contribution in [-0.2, 0) is 11.3 Å². The van der Waals surface area contributed by atoms with Crippen molar-refractivity contribution in [3.05, 3.63) is 18.0 Å². The summed E-state index contributed by atoms with van der Waals surface area (Å²) in [5.41, 5.74) is 0.497. The van der Waals surface area contributed by atoms with Crippen molar-refractivity contribution in [2.75, 3.05) is 0 Å². The molecular weight excluding hydrogens is 168 g/mol. The Balaban J connectivity index is 0.000000310. The number of aldehydes is 2. The molecule has 72 valence electrons. The lowest BCUT2D eigenvalue weighted by Gasteiger charge is -1.88. The molecule has 0 bridgehead atoms. The second kappa shape index (κ2) is 7.21. The minimum absolute atomic E-state index is 0.497. The molecule has 0 saturated heterocycles. The Kier molecular flexibility index (Phi) is 6.41. The molecule has 13 heavy (non-hydrogen) atoms. The van der Waals surface area contributed by atoms with Crippen molar-refractivity contribution in [1.29, 1.82) is 0 Å². The lowest BCUT2D eigenvalue weighted by molar-refractivity contribution is -0.107. The summed E-state index contributed by atoms with van der Waals surface area (Å²) in [6, 6.07) is 1.69. The smallest absolute Gasteiger partial charge is 0.170 e. The molecular formula is C9H14N2O2. The fraction of sp³-hybridized carbons (Fsp3) is 0.444. The zero-order valence-corrected chi connectivity index (χ0v) is 7.93. The van der Waals surface area contributed by atoms with Gasteiger partial charge < -0.3 is 4.79 Å². The molecule has 1 aromatic heterocycles. The van der Waals surface area contributed by atoms with E-state index in [4.69, 9.17) is 0 Å². The quantitative estimate of drug-likeness (QED) is 0.662. The van der Waals surface area contributed by atoms with Crippen LogP contribution in [0, 0.1) is 0 Å². The molecule has 0 amide bonds. The van der Waals surface area contributed by atoms with Gasteiger partial charge in [-0.25, -0.2) is 0 Å². The highest BCUT2D eigenvalue weighted by Gasteiger charge is 1.91. The van der Waals surface area contributed by atoms with Crippen LogP contribution in [0.3, 0.4) is 0 Å². The van der Waals surface area contributed by atoms with Gasteiger partial charge >= 0.3 is 0 Å². The summed E-state index contributed by atoms with van der Waals surface area (Å²) >= 11 is 0. The first-order valence-electron chi connectivity index (χ1n) is 4.20. The molecule has 0 radical (unpaired) electrons. The summed E-state index contributed by atoms with van der Waals surface area (Å²) in [6.45, 7) is 4.60. The number of aromatic nitrogens is 2. The lowest BCUT2D eigenvalue weighted by Crippen LogP contribution is -1.94. The zero-order chi connectivity index (χ0) is 10.1. The third kappa shape index (κ3) is 4.90. The normalized spacial score (nSPS) is 8.46. The van der Waals surface area contributed by atoms with E-state index in [0.717, 1.165) is 19.1 Å². The van der Waals surface area contributed by atoms with Gasteiger partial charge in [0.2, 0.25) is 0 Å². The molecule has 0 aromatic carbocycles. The standard InChI is InChI=1S/C6H8N2O.C3H6O/c1-2-8-4-3-6(5-9)7-8;1-2-3-4/h3-5H,2H2,1H3;3H,2H2,1H3. The minimum atomic E-state index is 0.497. The van der Waals surface area contributed by atoms with Crippen LogP contribution in [0.15, 0.2) is 12.3 Å². The van der Waals surface area contributed by atoms with Gasteiger partial charge in [-0.2, -0.15) is 5.10 Å². The Morgan fingerprint density at radius 3 is 2.31 bits per heavy atom. The van der Waals surface area contributed by atoms with Gasteiger partial charge in [0.05, 0.1) is 0 Å². The summed E-state index contributed by atoms with van der Waals surface area (Å²) in [4.78, 5) is 19.2. The number of rotatable bonds is 3. The van der Waals surface area contributed by atoms with E-state index < -0.39 is 0 Å². The van der Waals surface area contributed by atoms with E-state index in [1.165, 1.54) is 0 Å². The van der Waals surface area contributed by atoms with E-state index in [-0.39, 0.29) is 0 Å². The Morgan fingerprint density at radius 2 is 2.08 bits per heavy atom. The van der Waals surface area contributed by atoms with Crippen LogP contribution in [0.5, 0.6) is 0 Å². The molecule has 1 rings (SSSR count). The third-order valence-electron chi connectivity index (χ3n) is 1.27. The van der Waals surface area contributed by atoms with Gasteiger partial charge in [-0.3, -0.25) is 9.48 Å². The second-order valence-corrected chi connectivity index (χ2v) is 2.29. The topological polar surface area (TPSA) is 52.0 Å². The number of nitrogens with zero attached hydrogens (tertiary/aromatic N) is 2. The van der Waals surface area contributed by atoms with Crippen molar-refractivity contribution in [2.24, 2.45) is 0 Å². The predicted molar refractivity (Wildman–Crippen MR) is 49.6 cm³/mol. The van der Waals surface area contributed by atoms with Crippen LogP contribution < -0.4 is 0 Å². The number of hydrogen-bond donors (Lipinski definition) is 0. The molecule has 0 aliphatic carbocycles. The van der Waals surface area contributed by atoms with Gasteiger partial charge in [0.1, 0.15) is 12.0 Å². The van der Waals surface area contributed by atoms with Crippen molar-refractivity contribution >= 4 is 12.6 Å². The van der Waals surface area contributed by atoms with Crippen molar-refractivity contribution < 1.29 is 9.59 Å². The maximum atomic E-state index is 10.1. The number of hydrogen-bond acceptors (Lipinski definition) is 3. The molecule has 0 aliphatic rings. The highest BCUT2D eigenvalue weighted by Crippen LogP contribution is 1.89. The maximum Gasteiger partial charge on any atom is 0.170 e. The first-order valence-corrected chi connectivity index (χ1v) is 4.20. The molecule has 0 spiro atoms. The average Bonchev–Trinajstić information content (AvgIpc) is 2.66. The van der Waals surface area contributed by atoms with Crippen LogP contribution in [0.4, 0.5) is 0 Å². The monoisotopic (exact) mass is 182 g/mol. The van der Waals surface area contributed by atoms with Crippen LogP contribution in [0.25, 0.3) is 0 Å². The second-order valence-electron chi connectivity index (χ2n) is 2.29. The van der Waals surface area contributed by atoms with E-state index in [0.29, 0.717) is 12.1 Å². The maximum absolute atomic E-state index is 10.1. The fourth-order valence-corrected chi connectivity index (χ4v) is 0.616. The Labute approximate surface area is 77.6 Å². The summed E-state index contributed by atoms with van der Waals surface area (Å²) in [6.07, 6.45) is 4.04. The lowest BCUT2D eigenvalue weighted by atomic mass is 10.5. The van der Waals surface area contributed by atoms with Crippen molar-refractivity contribution in [1.82, 2.24) is 9.78 Å². The fourth-order valence-electron chi connectivity index (χ4n) is 0.616. The molecule has 0 N–H and O–H groups in total. The summed E-state index contributed by atoms with van der Waals surface area (Å²) in [5.74, 6) is 0. The van der Waals surface area contributed by atoms with E-state index in [1.54, 1.807) is 16.9 Å². The van der Waals surface area contributed by atoms with Crippen LogP contribution in [0.1, 0.15) is 30.8 Å². The van der Waals surface area contributed by atoms with E-state index in [9.17, 15) is 9.59 Å². The minimum Gasteiger partial charge on any atom is -0.303 e. The van der Waals surface area contributed by atoms with Crippen LogP contribution in [0.2, 0.25) is 0 Å². The molecule has 0 saturated carbocycles. The third-order valence-corrected chi connectivity index (χ3v) is 1.27. The van der Waals surface area contributed by atoms with Gasteiger partial charge in [0, 0.05) is 19.2 Å². The largest absolute Gasteiger partial charge is 0.303 e. The SMILES string of the molecule is CCC=O.CCn1ccc(C=O)n1. The molecule has 0 atom stereocenters. The predicted octanol–water partition coefficient (Wildman–Crippen LogP) is 1.31. The van der Waals surface area contributed by atoms with Gasteiger partial charge in [-0.1, -0.05) is 6.92 Å². The molecule has 0 unspecified atom stereocenters. The number of carbonyl (C=O) groups excluding carboxylic acids is 2. The van der Waals surface area contributed by atoms with Crippen molar-refractivity contribution in [3.8, 4) is 0 Å². The van der Waals surface area contributed by atoms with Gasteiger partial charge in [0.15, 0.2) is 6.29 Å². The molecule has 0 fully saturated rings. The van der Waals surface area contributed by atoms with Crippen LogP contribution in [-0.4, -0.2) is 22.4 Å². The Morgan fingerprint density at radius 1 is 1.46 bits per heavy atom. The zero-order valence-electron chi connectivity index (χ0n) is 7.93. The molecule has 4 heteroatoms. The van der Waals surface area contributed by atoms with E-state index in [1.807, 2.05) is 13.8 Å². The molecule has 1 heterocycles. The molecule has 1 aromatic rings. The Hall–Kier alpha value is -1.45. The summed E-state index contributed by atoms with van der Waals surface area (Å²) in [7, 11) is 0. The molecule has 0 aliphatic heterocycles. The molecule has 4 nitrogen and oxygen atoms in total. The highest BCUT2D eigenvalue weighted by molar-refractivity contribution is 5.71. The van der Waals surface area contributed by atoms with Crippen molar-refractivity contribution in [3.63, 3.8) is 0 Å². The number of carbonyl (C=O) groups is 2. The van der Waals surface area contributed by atoms with E-state index >= 15 is 0 Å². The van der Waals surface area contributed by atoms with Crippen molar-refractivity contribution in [2.45, 2.75) is 26.8 Å². The van der Waals surface area contributed by atoms with Crippen LogP contribution >= 0.6 is 0 Å². The Bertz CT molecular complexity index is 256. The first-order chi connectivity index (χ1) is 6.28.